The van der Waals surface area contributed by atoms with Crippen LogP contribution in [0.2, 0.25) is 0 Å². The summed E-state index contributed by atoms with van der Waals surface area (Å²) in [6.07, 6.45) is 9.28. The monoisotopic (exact) mass is 494 g/mol. The number of benzene rings is 3. The summed E-state index contributed by atoms with van der Waals surface area (Å²) < 4.78 is 4.72. The predicted octanol–water partition coefficient (Wildman–Crippen LogP) is 7.79. The van der Waals surface area contributed by atoms with Gasteiger partial charge in [-0.2, -0.15) is 4.57 Å². The molecule has 0 spiro atoms. The van der Waals surface area contributed by atoms with Gasteiger partial charge in [-0.25, -0.2) is 4.57 Å². The Labute approximate surface area is 226 Å². The fraction of sp³-hybridized carbons (Fsp3) is 0.167. The van der Waals surface area contributed by atoms with Crippen molar-refractivity contribution in [2.24, 2.45) is 7.05 Å². The van der Waals surface area contributed by atoms with Gasteiger partial charge in [-0.05, 0) is 60.4 Å². The van der Waals surface area contributed by atoms with E-state index in [0.717, 1.165) is 0 Å². The largest absolute Gasteiger partial charge is 0.213 e. The Morgan fingerprint density at radius 2 is 1.39 bits per heavy atom. The van der Waals surface area contributed by atoms with E-state index in [4.69, 9.17) is 0 Å². The van der Waals surface area contributed by atoms with Crippen molar-refractivity contribution in [3.05, 3.63) is 138 Å². The molecule has 2 atom stereocenters. The molecule has 5 aromatic rings. The number of nitrogens with zero attached hydrogens (tertiary/aromatic N) is 2. The first kappa shape index (κ1) is 24.1. The minimum atomic E-state index is 0.197. The molecule has 2 aromatic heterocycles. The van der Waals surface area contributed by atoms with E-state index in [-0.39, 0.29) is 6.04 Å². The average Bonchev–Trinajstić information content (AvgIpc) is 2.94. The second kappa shape index (κ2) is 9.87. The van der Waals surface area contributed by atoms with Crippen LogP contribution in [0.1, 0.15) is 41.1 Å². The van der Waals surface area contributed by atoms with Crippen molar-refractivity contribution in [2.75, 3.05) is 0 Å². The van der Waals surface area contributed by atoms with E-state index in [1.54, 1.807) is 0 Å². The van der Waals surface area contributed by atoms with Crippen molar-refractivity contribution in [1.82, 2.24) is 0 Å². The normalized spacial score (nSPS) is 16.3. The van der Waals surface area contributed by atoms with Crippen LogP contribution < -0.4 is 9.13 Å². The molecule has 0 saturated heterocycles. The van der Waals surface area contributed by atoms with Crippen LogP contribution >= 0.6 is 0 Å². The molecule has 0 bridgehead atoms. The minimum Gasteiger partial charge on any atom is -0.201 e. The second-order valence-corrected chi connectivity index (χ2v) is 10.5. The Bertz CT molecular complexity index is 1660. The number of allylic oxidation sites excluding steroid dienone is 1. The summed E-state index contributed by atoms with van der Waals surface area (Å²) in [5, 5.41) is 0. The molecular weight excluding hydrogens is 460 g/mol. The van der Waals surface area contributed by atoms with Crippen molar-refractivity contribution < 1.29 is 9.13 Å². The van der Waals surface area contributed by atoms with Gasteiger partial charge in [-0.3, -0.25) is 0 Å². The number of hydrogen-bond acceptors (Lipinski definition) is 0. The van der Waals surface area contributed by atoms with Gasteiger partial charge in [-0.1, -0.05) is 79.7 Å². The maximum Gasteiger partial charge on any atom is 0.213 e. The van der Waals surface area contributed by atoms with E-state index >= 15 is 0 Å². The minimum absolute atomic E-state index is 0.197. The molecule has 1 aliphatic heterocycles. The van der Waals surface area contributed by atoms with E-state index < -0.39 is 0 Å². The molecule has 3 heterocycles. The Morgan fingerprint density at radius 3 is 2.18 bits per heavy atom. The van der Waals surface area contributed by atoms with Gasteiger partial charge in [-0.15, -0.1) is 0 Å². The molecule has 0 saturated carbocycles. The smallest absolute Gasteiger partial charge is 0.201 e. The Balaban J connectivity index is 1.49. The van der Waals surface area contributed by atoms with Gasteiger partial charge in [0.2, 0.25) is 11.4 Å². The zero-order valence-electron chi connectivity index (χ0n) is 22.6. The lowest BCUT2D eigenvalue weighted by Gasteiger charge is -2.27. The Hall–Kier alpha value is -4.30. The SMILES string of the molecule is Cc1ccc(-c2ccccc2/C=C/C2C(C)c3ccccc3-c3cc(C)c(-c4ccccc4)c[n+]32)[n+](C)c1. The number of pyridine rings is 2. The predicted molar refractivity (Wildman–Crippen MR) is 157 cm³/mol. The van der Waals surface area contributed by atoms with Crippen molar-refractivity contribution in [3.63, 3.8) is 0 Å². The van der Waals surface area contributed by atoms with E-state index in [1.807, 2.05) is 0 Å². The molecule has 0 radical (unpaired) electrons. The highest BCUT2D eigenvalue weighted by atomic mass is 15.0. The molecule has 2 unspecified atom stereocenters. The van der Waals surface area contributed by atoms with Crippen LogP contribution in [0.5, 0.6) is 0 Å². The lowest BCUT2D eigenvalue weighted by molar-refractivity contribution is -0.706. The number of fused-ring (bicyclic) bond motifs is 3. The number of aryl methyl sites for hydroxylation is 3. The molecule has 0 N–H and O–H groups in total. The van der Waals surface area contributed by atoms with E-state index in [1.165, 1.54) is 55.9 Å². The zero-order chi connectivity index (χ0) is 26.2. The van der Waals surface area contributed by atoms with Crippen molar-refractivity contribution in [3.8, 4) is 33.6 Å². The summed E-state index contributed by atoms with van der Waals surface area (Å²) in [5.74, 6) is 0.342. The van der Waals surface area contributed by atoms with Gasteiger partial charge in [0.15, 0.2) is 18.4 Å². The lowest BCUT2D eigenvalue weighted by atomic mass is 9.83. The fourth-order valence-electron chi connectivity index (χ4n) is 5.97. The highest BCUT2D eigenvalue weighted by molar-refractivity contribution is 5.73. The first-order valence-electron chi connectivity index (χ1n) is 13.5. The maximum atomic E-state index is 2.49. The van der Waals surface area contributed by atoms with Gasteiger partial charge in [0.25, 0.3) is 0 Å². The molecule has 6 rings (SSSR count). The van der Waals surface area contributed by atoms with E-state index in [0.29, 0.717) is 5.92 Å². The molecule has 2 nitrogen and oxygen atoms in total. The summed E-state index contributed by atoms with van der Waals surface area (Å²) in [7, 11) is 2.13. The number of aromatic nitrogens is 2. The van der Waals surface area contributed by atoms with Crippen LogP contribution in [0.3, 0.4) is 0 Å². The summed E-state index contributed by atoms with van der Waals surface area (Å²) in [6.45, 7) is 6.72. The first-order valence-corrected chi connectivity index (χ1v) is 13.5. The molecule has 0 fully saturated rings. The summed E-state index contributed by atoms with van der Waals surface area (Å²) >= 11 is 0. The number of rotatable bonds is 4. The average molecular weight is 495 g/mol. The van der Waals surface area contributed by atoms with Gasteiger partial charge >= 0.3 is 0 Å². The topological polar surface area (TPSA) is 7.76 Å². The highest BCUT2D eigenvalue weighted by Gasteiger charge is 2.36. The van der Waals surface area contributed by atoms with Crippen LogP contribution in [-0.2, 0) is 7.05 Å². The van der Waals surface area contributed by atoms with Crippen LogP contribution in [-0.4, -0.2) is 0 Å². The molecule has 0 aliphatic carbocycles. The van der Waals surface area contributed by atoms with Gasteiger partial charge < -0.3 is 0 Å². The Morgan fingerprint density at radius 1 is 0.684 bits per heavy atom. The van der Waals surface area contributed by atoms with E-state index in [9.17, 15) is 0 Å². The molecule has 2 heteroatoms. The fourth-order valence-corrected chi connectivity index (χ4v) is 5.97. The van der Waals surface area contributed by atoms with Crippen LogP contribution in [0.4, 0.5) is 0 Å². The Kier molecular flexibility index (Phi) is 6.25. The van der Waals surface area contributed by atoms with Crippen molar-refractivity contribution in [1.29, 1.82) is 0 Å². The van der Waals surface area contributed by atoms with Gasteiger partial charge in [0.05, 0.1) is 5.56 Å². The maximum absolute atomic E-state index is 2.49. The molecule has 0 amide bonds. The third-order valence-electron chi connectivity index (χ3n) is 7.96. The van der Waals surface area contributed by atoms with Crippen LogP contribution in [0.25, 0.3) is 39.7 Å². The van der Waals surface area contributed by atoms with Gasteiger partial charge in [0.1, 0.15) is 7.05 Å². The van der Waals surface area contributed by atoms with Gasteiger partial charge in [0, 0.05) is 34.7 Å². The third-order valence-corrected chi connectivity index (χ3v) is 7.96. The summed E-state index contributed by atoms with van der Waals surface area (Å²) in [6, 6.07) is 35.3. The van der Waals surface area contributed by atoms with Crippen molar-refractivity contribution >= 4 is 6.08 Å². The van der Waals surface area contributed by atoms with Crippen molar-refractivity contribution in [2.45, 2.75) is 32.7 Å². The molecule has 1 aliphatic rings. The summed E-state index contributed by atoms with van der Waals surface area (Å²) in [5.41, 5.74) is 12.8. The van der Waals surface area contributed by atoms with E-state index in [2.05, 4.69) is 159 Å². The number of hydrogen-bond donors (Lipinski definition) is 0. The quantitative estimate of drug-likeness (QED) is 0.225. The highest BCUT2D eigenvalue weighted by Crippen LogP contribution is 2.40. The second-order valence-electron chi connectivity index (χ2n) is 10.5. The molecule has 38 heavy (non-hydrogen) atoms. The van der Waals surface area contributed by atoms with Crippen LogP contribution in [0, 0.1) is 13.8 Å². The molecular formula is C36H34N2+2. The summed E-state index contributed by atoms with van der Waals surface area (Å²) in [4.78, 5) is 0. The molecule has 186 valence electrons. The first-order chi connectivity index (χ1) is 18.5. The zero-order valence-corrected chi connectivity index (χ0v) is 22.6. The molecule has 3 aromatic carbocycles. The third kappa shape index (κ3) is 4.26. The lowest BCUT2D eigenvalue weighted by Crippen LogP contribution is -2.46. The standard InChI is InChI=1S/C36H34N2/c1-25-18-20-35(37(4)23-25)31-16-9-8-14-29(31)19-21-34-27(3)30-15-10-11-17-32(30)36-22-26(2)33(24-38(34)36)28-12-6-5-7-13-28/h5-24,27,34H,1-4H3/q+2/b21-19+. The van der Waals surface area contributed by atoms with Crippen LogP contribution in [0.15, 0.2) is 116 Å².